The lowest BCUT2D eigenvalue weighted by Gasteiger charge is -2.47. The summed E-state index contributed by atoms with van der Waals surface area (Å²) < 4.78 is 34.6. The largest absolute Gasteiger partial charge is 0.371 e. The van der Waals surface area contributed by atoms with E-state index in [0.717, 1.165) is 11.8 Å². The number of anilines is 1. The van der Waals surface area contributed by atoms with Gasteiger partial charge >= 0.3 is 0 Å². The third-order valence-corrected chi connectivity index (χ3v) is 6.57. The molecule has 2 atom stereocenters. The molecule has 0 aliphatic carbocycles. The number of ether oxygens (including phenoxy) is 1. The van der Waals surface area contributed by atoms with E-state index in [1.165, 1.54) is 12.1 Å². The standard InChI is InChI=1S/C24H26F2N6O2/c1-12-8-32(11-20(34-12)16-9-31(10-16)15(4)33)24-29-21(18-6-5-17(25)7-19(18)26)22-23(30-24)28-14(3)13(2)27-22/h5-7,12,16,20H,8-11H2,1-4H3. The van der Waals surface area contributed by atoms with Crippen molar-refractivity contribution >= 4 is 23.0 Å². The number of fused-ring (bicyclic) bond motifs is 1. The van der Waals surface area contributed by atoms with Crippen LogP contribution in [0.1, 0.15) is 25.2 Å². The van der Waals surface area contributed by atoms with E-state index in [-0.39, 0.29) is 35.3 Å². The number of rotatable bonds is 3. The topological polar surface area (TPSA) is 84.3 Å². The highest BCUT2D eigenvalue weighted by molar-refractivity contribution is 5.88. The van der Waals surface area contributed by atoms with E-state index in [2.05, 4.69) is 15.0 Å². The van der Waals surface area contributed by atoms with Gasteiger partial charge in [0, 0.05) is 50.7 Å². The van der Waals surface area contributed by atoms with E-state index in [4.69, 9.17) is 9.72 Å². The van der Waals surface area contributed by atoms with Gasteiger partial charge in [0.25, 0.3) is 0 Å². The van der Waals surface area contributed by atoms with Crippen molar-refractivity contribution < 1.29 is 18.3 Å². The monoisotopic (exact) mass is 468 g/mol. The van der Waals surface area contributed by atoms with Gasteiger partial charge in [0.15, 0.2) is 5.65 Å². The Morgan fingerprint density at radius 3 is 2.47 bits per heavy atom. The number of carbonyl (C=O) groups is 1. The lowest BCUT2D eigenvalue weighted by atomic mass is 9.92. The summed E-state index contributed by atoms with van der Waals surface area (Å²) in [6, 6.07) is 3.40. The summed E-state index contributed by atoms with van der Waals surface area (Å²) in [5.41, 5.74) is 2.54. The van der Waals surface area contributed by atoms with Crippen LogP contribution in [-0.2, 0) is 9.53 Å². The summed E-state index contributed by atoms with van der Waals surface area (Å²) in [5, 5.41) is 0. The first-order valence-electron chi connectivity index (χ1n) is 11.3. The maximum atomic E-state index is 14.8. The van der Waals surface area contributed by atoms with Gasteiger partial charge in [-0.1, -0.05) is 0 Å². The smallest absolute Gasteiger partial charge is 0.228 e. The molecule has 0 saturated carbocycles. The lowest BCUT2D eigenvalue weighted by Crippen LogP contribution is -2.60. The first kappa shape index (κ1) is 22.5. The number of hydrogen-bond donors (Lipinski definition) is 0. The maximum absolute atomic E-state index is 14.8. The zero-order chi connectivity index (χ0) is 24.1. The molecular weight excluding hydrogens is 442 g/mol. The van der Waals surface area contributed by atoms with Gasteiger partial charge in [-0.15, -0.1) is 0 Å². The molecule has 0 bridgehead atoms. The van der Waals surface area contributed by atoms with Crippen LogP contribution < -0.4 is 4.90 Å². The molecule has 2 aliphatic rings. The van der Waals surface area contributed by atoms with Gasteiger partial charge in [-0.2, -0.15) is 4.98 Å². The quantitative estimate of drug-likeness (QED) is 0.584. The molecule has 34 heavy (non-hydrogen) atoms. The van der Waals surface area contributed by atoms with Crippen LogP contribution in [0.25, 0.3) is 22.4 Å². The summed E-state index contributed by atoms with van der Waals surface area (Å²) in [6.07, 6.45) is -0.170. The van der Waals surface area contributed by atoms with Crippen LogP contribution in [0.3, 0.4) is 0 Å². The van der Waals surface area contributed by atoms with Gasteiger partial charge < -0.3 is 14.5 Å². The Balaban J connectivity index is 1.55. The molecule has 10 heteroatoms. The van der Waals surface area contributed by atoms with Crippen LogP contribution in [-0.4, -0.2) is 69.1 Å². The number of morpholine rings is 1. The fourth-order valence-electron chi connectivity index (χ4n) is 4.53. The molecule has 1 amide bonds. The Kier molecular flexibility index (Phi) is 5.63. The van der Waals surface area contributed by atoms with Crippen molar-refractivity contribution in [2.24, 2.45) is 5.92 Å². The van der Waals surface area contributed by atoms with Crippen molar-refractivity contribution in [2.45, 2.75) is 39.9 Å². The maximum Gasteiger partial charge on any atom is 0.228 e. The number of amides is 1. The molecule has 2 aromatic heterocycles. The third kappa shape index (κ3) is 4.06. The summed E-state index contributed by atoms with van der Waals surface area (Å²) in [7, 11) is 0. The van der Waals surface area contributed by atoms with Crippen LogP contribution >= 0.6 is 0 Å². The van der Waals surface area contributed by atoms with E-state index < -0.39 is 11.6 Å². The second kappa shape index (κ2) is 8.50. The van der Waals surface area contributed by atoms with Crippen molar-refractivity contribution in [3.63, 3.8) is 0 Å². The van der Waals surface area contributed by atoms with Crippen LogP contribution in [0.15, 0.2) is 18.2 Å². The SMILES string of the molecule is CC(=O)N1CC(C2CN(c3nc(-c4ccc(F)cc4F)c4nc(C)c(C)nc4n3)CC(C)O2)C1. The normalized spacial score (nSPS) is 21.1. The average Bonchev–Trinajstić information content (AvgIpc) is 2.72. The van der Waals surface area contributed by atoms with Gasteiger partial charge in [-0.3, -0.25) is 4.79 Å². The predicted molar refractivity (Wildman–Crippen MR) is 122 cm³/mol. The van der Waals surface area contributed by atoms with Gasteiger partial charge in [0.05, 0.1) is 23.6 Å². The zero-order valence-electron chi connectivity index (χ0n) is 19.5. The highest BCUT2D eigenvalue weighted by Crippen LogP contribution is 2.32. The zero-order valence-corrected chi connectivity index (χ0v) is 19.5. The van der Waals surface area contributed by atoms with E-state index in [0.29, 0.717) is 49.0 Å². The number of hydrogen-bond acceptors (Lipinski definition) is 7. The van der Waals surface area contributed by atoms with Gasteiger partial charge in [0.2, 0.25) is 11.9 Å². The van der Waals surface area contributed by atoms with Crippen molar-refractivity contribution in [2.75, 3.05) is 31.1 Å². The molecule has 1 aromatic carbocycles. The number of aromatic nitrogens is 4. The summed E-state index contributed by atoms with van der Waals surface area (Å²) in [4.78, 5) is 33.9. The number of carbonyl (C=O) groups excluding carboxylic acids is 1. The third-order valence-electron chi connectivity index (χ3n) is 6.57. The molecular formula is C24H26F2N6O2. The molecule has 2 fully saturated rings. The number of aryl methyl sites for hydroxylation is 2. The molecule has 0 N–H and O–H groups in total. The van der Waals surface area contributed by atoms with E-state index >= 15 is 0 Å². The Morgan fingerprint density at radius 1 is 1.03 bits per heavy atom. The summed E-state index contributed by atoms with van der Waals surface area (Å²) >= 11 is 0. The first-order valence-corrected chi connectivity index (χ1v) is 11.3. The van der Waals surface area contributed by atoms with Gasteiger partial charge in [-0.25, -0.2) is 23.7 Å². The predicted octanol–water partition coefficient (Wildman–Crippen LogP) is 3.05. The number of halogens is 2. The number of benzene rings is 1. The summed E-state index contributed by atoms with van der Waals surface area (Å²) in [5.74, 6) is -0.703. The number of nitrogens with zero attached hydrogens (tertiary/aromatic N) is 6. The molecule has 4 heterocycles. The van der Waals surface area contributed by atoms with Crippen LogP contribution in [0.2, 0.25) is 0 Å². The highest BCUT2D eigenvalue weighted by Gasteiger charge is 2.40. The Morgan fingerprint density at radius 2 is 1.76 bits per heavy atom. The van der Waals surface area contributed by atoms with Crippen LogP contribution in [0, 0.1) is 31.4 Å². The molecule has 0 radical (unpaired) electrons. The molecule has 2 unspecified atom stereocenters. The number of likely N-dealkylation sites (tertiary alicyclic amines) is 1. The molecule has 8 nitrogen and oxygen atoms in total. The highest BCUT2D eigenvalue weighted by atomic mass is 19.1. The minimum Gasteiger partial charge on any atom is -0.371 e. The molecule has 178 valence electrons. The Hall–Kier alpha value is -3.27. The molecule has 3 aromatic rings. The van der Waals surface area contributed by atoms with Gasteiger partial charge in [0.1, 0.15) is 22.8 Å². The minimum atomic E-state index is -0.724. The fraction of sp³-hybridized carbons (Fsp3) is 0.458. The molecule has 2 saturated heterocycles. The lowest BCUT2D eigenvalue weighted by molar-refractivity contribution is -0.142. The second-order valence-electron chi connectivity index (χ2n) is 9.14. The fourth-order valence-corrected chi connectivity index (χ4v) is 4.53. The molecule has 2 aliphatic heterocycles. The van der Waals surface area contributed by atoms with Crippen molar-refractivity contribution in [1.82, 2.24) is 24.8 Å². The Labute approximate surface area is 196 Å². The van der Waals surface area contributed by atoms with Gasteiger partial charge in [-0.05, 0) is 32.9 Å². The van der Waals surface area contributed by atoms with E-state index in [9.17, 15) is 13.6 Å². The average molecular weight is 469 g/mol. The van der Waals surface area contributed by atoms with Crippen molar-refractivity contribution in [3.05, 3.63) is 41.2 Å². The first-order chi connectivity index (χ1) is 16.2. The van der Waals surface area contributed by atoms with E-state index in [1.807, 2.05) is 25.7 Å². The van der Waals surface area contributed by atoms with Crippen LogP contribution in [0.4, 0.5) is 14.7 Å². The molecule has 5 rings (SSSR count). The van der Waals surface area contributed by atoms with Crippen molar-refractivity contribution in [1.29, 1.82) is 0 Å². The molecule has 0 spiro atoms. The second-order valence-corrected chi connectivity index (χ2v) is 9.14. The minimum absolute atomic E-state index is 0.0602. The Bertz CT molecular complexity index is 1280. The van der Waals surface area contributed by atoms with Crippen molar-refractivity contribution in [3.8, 4) is 11.3 Å². The van der Waals surface area contributed by atoms with Crippen LogP contribution in [0.5, 0.6) is 0 Å². The summed E-state index contributed by atoms with van der Waals surface area (Å²) in [6.45, 7) is 9.62. The van der Waals surface area contributed by atoms with E-state index in [1.54, 1.807) is 11.8 Å².